The number of carbonyl (C=O) groups excluding carboxylic acids is 1. The van der Waals surface area contributed by atoms with Crippen LogP contribution in [0.4, 0.5) is 0 Å². The third-order valence-electron chi connectivity index (χ3n) is 4.16. The monoisotopic (exact) mass is 300 g/mol. The molecule has 1 amide bonds. The van der Waals surface area contributed by atoms with Crippen LogP contribution in [0.15, 0.2) is 12.1 Å². The summed E-state index contributed by atoms with van der Waals surface area (Å²) in [5.41, 5.74) is 1.41. The molecule has 0 radical (unpaired) electrons. The number of nitriles is 1. The van der Waals surface area contributed by atoms with Crippen LogP contribution in [0.2, 0.25) is 0 Å². The van der Waals surface area contributed by atoms with Crippen molar-refractivity contribution in [1.29, 1.82) is 5.26 Å². The number of aryl methyl sites for hydroxylation is 1. The lowest BCUT2D eigenvalue weighted by Gasteiger charge is -2.33. The van der Waals surface area contributed by atoms with Gasteiger partial charge in [0, 0.05) is 25.7 Å². The van der Waals surface area contributed by atoms with Crippen LogP contribution in [0, 0.1) is 18.3 Å². The summed E-state index contributed by atoms with van der Waals surface area (Å²) in [6, 6.07) is 5.98. The molecular weight excluding hydrogens is 280 g/mol. The van der Waals surface area contributed by atoms with Crippen molar-refractivity contribution in [3.8, 4) is 6.07 Å². The zero-order chi connectivity index (χ0) is 15.5. The molecule has 1 saturated carbocycles. The summed E-state index contributed by atoms with van der Waals surface area (Å²) in [7, 11) is 0. The molecular formula is C16H20N4O2. The predicted molar refractivity (Wildman–Crippen MR) is 80.4 cm³/mol. The molecule has 1 N–H and O–H groups in total. The summed E-state index contributed by atoms with van der Waals surface area (Å²) in [6.07, 6.45) is 2.61. The molecule has 1 aliphatic carbocycles. The second-order valence-electron chi connectivity index (χ2n) is 5.87. The molecule has 1 aromatic heterocycles. The molecule has 0 aromatic carbocycles. The molecule has 1 unspecified atom stereocenters. The van der Waals surface area contributed by atoms with E-state index in [2.05, 4.69) is 15.2 Å². The van der Waals surface area contributed by atoms with Gasteiger partial charge in [-0.3, -0.25) is 9.69 Å². The number of hydrogen-bond acceptors (Lipinski definition) is 5. The second kappa shape index (κ2) is 6.42. The lowest BCUT2D eigenvalue weighted by atomic mass is 10.2. The average Bonchev–Trinajstić information content (AvgIpc) is 3.37. The zero-order valence-electron chi connectivity index (χ0n) is 12.7. The maximum absolute atomic E-state index is 12.1. The Morgan fingerprint density at radius 2 is 2.36 bits per heavy atom. The molecule has 1 aromatic rings. The number of hydrogen-bond donors (Lipinski definition) is 1. The summed E-state index contributed by atoms with van der Waals surface area (Å²) in [4.78, 5) is 18.8. The Morgan fingerprint density at radius 3 is 3.05 bits per heavy atom. The molecule has 1 saturated heterocycles. The summed E-state index contributed by atoms with van der Waals surface area (Å²) in [6.45, 7) is 4.82. The highest BCUT2D eigenvalue weighted by Gasteiger charge is 2.33. The van der Waals surface area contributed by atoms with E-state index >= 15 is 0 Å². The third kappa shape index (κ3) is 3.43. The fraction of sp³-hybridized carbons (Fsp3) is 0.562. The van der Waals surface area contributed by atoms with Gasteiger partial charge in [0.05, 0.1) is 24.0 Å². The van der Waals surface area contributed by atoms with Crippen molar-refractivity contribution in [3.05, 3.63) is 29.1 Å². The number of rotatable bonds is 4. The van der Waals surface area contributed by atoms with E-state index < -0.39 is 0 Å². The van der Waals surface area contributed by atoms with Crippen molar-refractivity contribution in [2.45, 2.75) is 31.9 Å². The fourth-order valence-corrected chi connectivity index (χ4v) is 2.74. The quantitative estimate of drug-likeness (QED) is 0.892. The van der Waals surface area contributed by atoms with Gasteiger partial charge in [0.25, 0.3) is 5.91 Å². The molecule has 22 heavy (non-hydrogen) atoms. The van der Waals surface area contributed by atoms with Crippen LogP contribution in [0.5, 0.6) is 0 Å². The van der Waals surface area contributed by atoms with Crippen LogP contribution in [0.3, 0.4) is 0 Å². The first-order valence-electron chi connectivity index (χ1n) is 7.69. The number of morpholine rings is 1. The highest BCUT2D eigenvalue weighted by Crippen LogP contribution is 2.28. The number of amides is 1. The predicted octanol–water partition coefficient (Wildman–Crippen LogP) is 0.855. The number of pyridine rings is 1. The van der Waals surface area contributed by atoms with Crippen molar-refractivity contribution in [2.75, 3.05) is 26.2 Å². The van der Waals surface area contributed by atoms with Gasteiger partial charge in [-0.1, -0.05) is 0 Å². The second-order valence-corrected chi connectivity index (χ2v) is 5.87. The van der Waals surface area contributed by atoms with E-state index in [-0.39, 0.29) is 12.0 Å². The zero-order valence-corrected chi connectivity index (χ0v) is 12.7. The summed E-state index contributed by atoms with van der Waals surface area (Å²) in [5, 5.41) is 11.8. The smallest absolute Gasteiger partial charge is 0.269 e. The van der Waals surface area contributed by atoms with Crippen molar-refractivity contribution in [3.63, 3.8) is 0 Å². The maximum Gasteiger partial charge on any atom is 0.269 e. The largest absolute Gasteiger partial charge is 0.374 e. The minimum absolute atomic E-state index is 0.0396. The normalized spacial score (nSPS) is 22.1. The molecule has 2 fully saturated rings. The minimum Gasteiger partial charge on any atom is -0.374 e. The number of nitrogens with one attached hydrogen (secondary N) is 1. The molecule has 116 valence electrons. The van der Waals surface area contributed by atoms with Crippen molar-refractivity contribution >= 4 is 5.91 Å². The van der Waals surface area contributed by atoms with Crippen molar-refractivity contribution < 1.29 is 9.53 Å². The lowest BCUT2D eigenvalue weighted by Crippen LogP contribution is -2.48. The van der Waals surface area contributed by atoms with Crippen LogP contribution >= 0.6 is 0 Å². The van der Waals surface area contributed by atoms with E-state index in [9.17, 15) is 4.79 Å². The van der Waals surface area contributed by atoms with Gasteiger partial charge < -0.3 is 10.1 Å². The molecule has 3 rings (SSSR count). The van der Waals surface area contributed by atoms with Gasteiger partial charge in [-0.25, -0.2) is 4.98 Å². The minimum atomic E-state index is -0.222. The van der Waals surface area contributed by atoms with Gasteiger partial charge in [-0.05, 0) is 31.9 Å². The van der Waals surface area contributed by atoms with Crippen LogP contribution in [0.25, 0.3) is 0 Å². The number of nitrogens with zero attached hydrogens (tertiary/aromatic N) is 3. The molecule has 0 bridgehead atoms. The standard InChI is InChI=1S/C16H20N4O2/c1-11-12(8-17)2-5-15(19-11)16(21)18-9-14-10-20(6-7-22-14)13-3-4-13/h2,5,13-14H,3-4,6-7,9-10H2,1H3,(H,18,21). The van der Waals surface area contributed by atoms with Crippen molar-refractivity contribution in [1.82, 2.24) is 15.2 Å². The van der Waals surface area contributed by atoms with Crippen molar-refractivity contribution in [2.24, 2.45) is 0 Å². The van der Waals surface area contributed by atoms with Gasteiger partial charge in [-0.15, -0.1) is 0 Å². The Kier molecular flexibility index (Phi) is 4.36. The topological polar surface area (TPSA) is 78.2 Å². The molecule has 2 heterocycles. The highest BCUT2D eigenvalue weighted by molar-refractivity contribution is 5.92. The summed E-state index contributed by atoms with van der Waals surface area (Å²) >= 11 is 0. The molecule has 6 heteroatoms. The maximum atomic E-state index is 12.1. The van der Waals surface area contributed by atoms with Gasteiger partial charge in [0.1, 0.15) is 11.8 Å². The first-order valence-corrected chi connectivity index (χ1v) is 7.69. The Hall–Kier alpha value is -1.97. The fourth-order valence-electron chi connectivity index (χ4n) is 2.74. The Balaban J connectivity index is 1.53. The van der Waals surface area contributed by atoms with Crippen LogP contribution in [-0.2, 0) is 4.74 Å². The lowest BCUT2D eigenvalue weighted by molar-refractivity contribution is -0.0293. The Morgan fingerprint density at radius 1 is 1.55 bits per heavy atom. The van der Waals surface area contributed by atoms with Crippen LogP contribution in [0.1, 0.15) is 34.6 Å². The Labute approximate surface area is 130 Å². The number of ether oxygens (including phenoxy) is 1. The van der Waals surface area contributed by atoms with Gasteiger partial charge in [-0.2, -0.15) is 5.26 Å². The summed E-state index contributed by atoms with van der Waals surface area (Å²) in [5.74, 6) is -0.222. The molecule has 1 aliphatic heterocycles. The van der Waals surface area contributed by atoms with E-state index in [1.165, 1.54) is 12.8 Å². The first-order chi connectivity index (χ1) is 10.7. The van der Waals surface area contributed by atoms with Gasteiger partial charge in [0.15, 0.2) is 0 Å². The van der Waals surface area contributed by atoms with Crippen LogP contribution < -0.4 is 5.32 Å². The van der Waals surface area contributed by atoms with Gasteiger partial charge >= 0.3 is 0 Å². The molecule has 2 aliphatic rings. The third-order valence-corrected chi connectivity index (χ3v) is 4.16. The number of aromatic nitrogens is 1. The summed E-state index contributed by atoms with van der Waals surface area (Å²) < 4.78 is 5.71. The first kappa shape index (κ1) is 14.9. The van der Waals surface area contributed by atoms with E-state index in [4.69, 9.17) is 10.00 Å². The van der Waals surface area contributed by atoms with E-state index in [1.54, 1.807) is 19.1 Å². The van der Waals surface area contributed by atoms with E-state index in [1.807, 2.05) is 6.07 Å². The average molecular weight is 300 g/mol. The SMILES string of the molecule is Cc1nc(C(=O)NCC2CN(C3CC3)CCO2)ccc1C#N. The van der Waals surface area contributed by atoms with Crippen LogP contribution in [-0.4, -0.2) is 54.2 Å². The molecule has 1 atom stereocenters. The van der Waals surface area contributed by atoms with E-state index in [0.717, 1.165) is 25.7 Å². The van der Waals surface area contributed by atoms with Gasteiger partial charge in [0.2, 0.25) is 0 Å². The highest BCUT2D eigenvalue weighted by atomic mass is 16.5. The molecule has 0 spiro atoms. The van der Waals surface area contributed by atoms with E-state index in [0.29, 0.717) is 23.5 Å². The molecule has 6 nitrogen and oxygen atoms in total. The Bertz CT molecular complexity index is 607. The number of carbonyl (C=O) groups is 1.